The fourth-order valence-corrected chi connectivity index (χ4v) is 3.12. The van der Waals surface area contributed by atoms with Crippen molar-refractivity contribution in [2.75, 3.05) is 6.26 Å². The number of thiol groups is 1. The van der Waals surface area contributed by atoms with Crippen LogP contribution >= 0.6 is 0 Å². The van der Waals surface area contributed by atoms with Crippen LogP contribution in [0.4, 0.5) is 13.2 Å². The van der Waals surface area contributed by atoms with Gasteiger partial charge in [0.05, 0.1) is 0 Å². The fraction of sp³-hybridized carbons (Fsp3) is 0.417. The lowest BCUT2D eigenvalue weighted by molar-refractivity contribution is -0.131. The number of carbonyl (C=O) groups is 2. The summed E-state index contributed by atoms with van der Waals surface area (Å²) in [5.74, 6) is -2.29. The van der Waals surface area contributed by atoms with Gasteiger partial charge in [0.15, 0.2) is 0 Å². The second-order valence-electron chi connectivity index (χ2n) is 4.69. The third kappa shape index (κ3) is 6.82. The van der Waals surface area contributed by atoms with Crippen molar-refractivity contribution in [3.8, 4) is 6.07 Å². The Kier molecular flexibility index (Phi) is 6.92. The number of nitriles is 1. The number of amides is 2. The van der Waals surface area contributed by atoms with E-state index in [1.165, 1.54) is 26.2 Å². The minimum atomic E-state index is -4.92. The van der Waals surface area contributed by atoms with Gasteiger partial charge in [0, 0.05) is 6.04 Å². The standard InChI is InChI=1S/C12H16F3N3O2S2/c1-7(2)17-11(20)9(12(13,14)15)6-22(4,21)18-10(19)8(3)5-16/h6-7,22H,3H2,1-2,4H3,(H,17,20)(H,18,19,21)/b9-6-. The Morgan fingerprint density at radius 3 is 2.23 bits per heavy atom. The number of alkyl halides is 3. The molecule has 0 heterocycles. The summed E-state index contributed by atoms with van der Waals surface area (Å²) in [6.07, 6.45) is -3.73. The lowest BCUT2D eigenvalue weighted by atomic mass is 10.2. The normalized spacial score (nSPS) is 13.3. The fourth-order valence-electron chi connectivity index (χ4n) is 1.20. The van der Waals surface area contributed by atoms with Gasteiger partial charge in [0.1, 0.15) is 17.2 Å². The minimum Gasteiger partial charge on any atom is -0.350 e. The van der Waals surface area contributed by atoms with Crippen molar-refractivity contribution in [2.45, 2.75) is 26.1 Å². The number of nitrogens with zero attached hydrogens (tertiary/aromatic N) is 1. The molecule has 22 heavy (non-hydrogen) atoms. The third-order valence-electron chi connectivity index (χ3n) is 2.08. The van der Waals surface area contributed by atoms with Gasteiger partial charge in [0.25, 0.3) is 11.8 Å². The highest BCUT2D eigenvalue weighted by Gasteiger charge is 2.39. The van der Waals surface area contributed by atoms with E-state index in [4.69, 9.17) is 16.4 Å². The Bertz CT molecular complexity index is 604. The predicted octanol–water partition coefficient (Wildman–Crippen LogP) is 1.05. The summed E-state index contributed by atoms with van der Waals surface area (Å²) in [6.45, 7) is 6.15. The molecule has 0 aromatic carbocycles. The summed E-state index contributed by atoms with van der Waals surface area (Å²) in [7, 11) is -3.19. The molecule has 2 amide bonds. The first-order valence-electron chi connectivity index (χ1n) is 5.90. The molecule has 0 aliphatic heterocycles. The zero-order valence-corrected chi connectivity index (χ0v) is 13.8. The van der Waals surface area contributed by atoms with Gasteiger partial charge in [-0.3, -0.25) is 9.59 Å². The number of rotatable bonds is 5. The molecule has 0 rings (SSSR count). The predicted molar refractivity (Wildman–Crippen MR) is 82.4 cm³/mol. The van der Waals surface area contributed by atoms with Crippen molar-refractivity contribution < 1.29 is 22.8 Å². The second kappa shape index (κ2) is 7.51. The van der Waals surface area contributed by atoms with E-state index >= 15 is 0 Å². The van der Waals surface area contributed by atoms with Gasteiger partial charge >= 0.3 is 6.18 Å². The number of halogens is 3. The van der Waals surface area contributed by atoms with E-state index in [1.54, 1.807) is 0 Å². The highest BCUT2D eigenvalue weighted by molar-refractivity contribution is 8.40. The summed E-state index contributed by atoms with van der Waals surface area (Å²) >= 11 is 4.94. The van der Waals surface area contributed by atoms with Crippen LogP contribution in [0.2, 0.25) is 0 Å². The van der Waals surface area contributed by atoms with Crippen LogP contribution in [0.25, 0.3) is 0 Å². The van der Waals surface area contributed by atoms with Crippen LogP contribution in [0, 0.1) is 11.3 Å². The molecular formula is C12H16F3N3O2S2. The van der Waals surface area contributed by atoms with Crippen molar-refractivity contribution in [2.24, 2.45) is 0 Å². The number of nitrogens with one attached hydrogen (secondary N) is 2. The molecule has 0 aromatic heterocycles. The average Bonchev–Trinajstić information content (AvgIpc) is 2.32. The van der Waals surface area contributed by atoms with E-state index < -0.39 is 44.0 Å². The zero-order chi connectivity index (χ0) is 17.7. The Hall–Kier alpha value is -1.73. The van der Waals surface area contributed by atoms with Crippen LogP contribution in [0.5, 0.6) is 0 Å². The highest BCUT2D eigenvalue weighted by Crippen LogP contribution is 2.27. The van der Waals surface area contributed by atoms with Gasteiger partial charge in [-0.2, -0.15) is 18.4 Å². The Morgan fingerprint density at radius 2 is 1.86 bits per heavy atom. The van der Waals surface area contributed by atoms with Crippen LogP contribution in [0.1, 0.15) is 13.8 Å². The molecule has 0 fully saturated rings. The van der Waals surface area contributed by atoms with Gasteiger partial charge in [-0.25, -0.2) is 0 Å². The molecular weight excluding hydrogens is 339 g/mol. The van der Waals surface area contributed by atoms with Crippen LogP contribution < -0.4 is 10.0 Å². The van der Waals surface area contributed by atoms with Gasteiger partial charge < -0.3 is 10.0 Å². The van der Waals surface area contributed by atoms with Crippen molar-refractivity contribution in [1.29, 1.82) is 5.26 Å². The van der Waals surface area contributed by atoms with Crippen molar-refractivity contribution >= 4 is 31.8 Å². The third-order valence-corrected chi connectivity index (χ3v) is 4.07. The summed E-state index contributed by atoms with van der Waals surface area (Å²) in [5, 5.41) is 11.2. The number of hydrogen-bond donors (Lipinski definition) is 3. The molecule has 0 aliphatic carbocycles. The smallest absolute Gasteiger partial charge is 0.350 e. The van der Waals surface area contributed by atoms with E-state index in [1.807, 2.05) is 0 Å². The molecule has 0 unspecified atom stereocenters. The molecule has 0 atom stereocenters. The van der Waals surface area contributed by atoms with E-state index in [2.05, 4.69) is 16.6 Å². The summed E-state index contributed by atoms with van der Waals surface area (Å²) in [5.41, 5.74) is -1.96. The van der Waals surface area contributed by atoms with Crippen molar-refractivity contribution in [3.63, 3.8) is 0 Å². The van der Waals surface area contributed by atoms with Gasteiger partial charge in [0.2, 0.25) is 0 Å². The molecule has 5 nitrogen and oxygen atoms in total. The molecule has 0 saturated carbocycles. The second-order valence-corrected chi connectivity index (χ2v) is 9.43. The topological polar surface area (TPSA) is 82.0 Å². The maximum absolute atomic E-state index is 13.0. The van der Waals surface area contributed by atoms with Gasteiger partial charge in [-0.15, -0.1) is 8.77 Å². The first kappa shape index (κ1) is 20.3. The molecule has 0 spiro atoms. The Balaban J connectivity index is 5.57. The molecule has 0 aromatic rings. The highest BCUT2D eigenvalue weighted by atomic mass is 32.9. The average molecular weight is 355 g/mol. The van der Waals surface area contributed by atoms with Crippen LogP contribution in [0.15, 0.2) is 23.1 Å². The van der Waals surface area contributed by atoms with Crippen molar-refractivity contribution in [1.82, 2.24) is 10.0 Å². The minimum absolute atomic E-state index is 0.482. The molecule has 0 saturated heterocycles. The van der Waals surface area contributed by atoms with E-state index in [-0.39, 0.29) is 0 Å². The summed E-state index contributed by atoms with van der Waals surface area (Å²) in [6, 6.07) is 0.963. The van der Waals surface area contributed by atoms with Gasteiger partial charge in [-0.05, 0) is 25.5 Å². The van der Waals surface area contributed by atoms with Gasteiger partial charge in [-0.1, -0.05) is 17.8 Å². The lowest BCUT2D eigenvalue weighted by Crippen LogP contribution is -2.39. The Morgan fingerprint density at radius 1 is 1.36 bits per heavy atom. The molecule has 10 heteroatoms. The first-order valence-corrected chi connectivity index (χ1v) is 9.21. The molecule has 0 aliphatic rings. The van der Waals surface area contributed by atoms with Crippen LogP contribution in [-0.4, -0.2) is 30.3 Å². The quantitative estimate of drug-likeness (QED) is 0.391. The lowest BCUT2D eigenvalue weighted by Gasteiger charge is -2.22. The maximum Gasteiger partial charge on any atom is 0.422 e. The summed E-state index contributed by atoms with van der Waals surface area (Å²) < 4.78 is 41.0. The van der Waals surface area contributed by atoms with E-state index in [0.717, 1.165) is 0 Å². The van der Waals surface area contributed by atoms with Crippen molar-refractivity contribution in [3.05, 3.63) is 23.1 Å². The van der Waals surface area contributed by atoms with Crippen LogP contribution in [0.3, 0.4) is 0 Å². The SMILES string of the molecule is C=C(C#N)C(=O)N[SH](C)(=S)/C=C(/C(=O)NC(C)C)C(F)(F)F. The first-order chi connectivity index (χ1) is 9.80. The molecule has 124 valence electrons. The zero-order valence-electron chi connectivity index (χ0n) is 12.1. The summed E-state index contributed by atoms with van der Waals surface area (Å²) in [4.78, 5) is 23.1. The monoisotopic (exact) mass is 355 g/mol. The largest absolute Gasteiger partial charge is 0.422 e. The Labute approximate surface area is 131 Å². The number of hydrogen-bond acceptors (Lipinski definition) is 4. The van der Waals surface area contributed by atoms with E-state index in [9.17, 15) is 22.8 Å². The van der Waals surface area contributed by atoms with E-state index in [0.29, 0.717) is 5.41 Å². The maximum atomic E-state index is 13.0. The molecule has 0 radical (unpaired) electrons. The van der Waals surface area contributed by atoms with Crippen LogP contribution in [-0.2, 0) is 29.6 Å². The number of carbonyl (C=O) groups excluding carboxylic acids is 2. The molecule has 2 N–H and O–H groups in total. The molecule has 0 bridgehead atoms.